The van der Waals surface area contributed by atoms with Crippen LogP contribution in [-0.2, 0) is 0 Å². The van der Waals surface area contributed by atoms with Crippen LogP contribution >= 0.6 is 11.6 Å². The SMILES string of the molecule is O=C(c1cc(-c2ccccc2Cl)nn1-c1cccc([N+](=O)[O-])c1)N1CCN(c2ccc([N+](=O)[O-])cc2)CC1. The van der Waals surface area contributed by atoms with Crippen molar-refractivity contribution in [2.75, 3.05) is 31.1 Å². The Morgan fingerprint density at radius 1 is 0.789 bits per heavy atom. The summed E-state index contributed by atoms with van der Waals surface area (Å²) in [4.78, 5) is 38.8. The number of nitrogens with zero attached hydrogens (tertiary/aromatic N) is 6. The van der Waals surface area contributed by atoms with E-state index in [1.165, 1.54) is 28.9 Å². The van der Waals surface area contributed by atoms with E-state index in [-0.39, 0.29) is 23.0 Å². The summed E-state index contributed by atoms with van der Waals surface area (Å²) in [6.07, 6.45) is 0. The second kappa shape index (κ2) is 10.3. The number of hydrogen-bond acceptors (Lipinski definition) is 7. The van der Waals surface area contributed by atoms with Gasteiger partial charge in [-0.15, -0.1) is 0 Å². The molecule has 0 atom stereocenters. The molecule has 1 aliphatic rings. The zero-order chi connectivity index (χ0) is 26.8. The molecular formula is C26H21ClN6O5. The van der Waals surface area contributed by atoms with Gasteiger partial charge in [0.15, 0.2) is 0 Å². The zero-order valence-corrected chi connectivity index (χ0v) is 20.7. The standard InChI is InChI=1S/C26H21ClN6O5/c27-23-7-2-1-6-22(23)24-17-25(31(28-24)20-4-3-5-21(16-20)33(37)38)26(34)30-14-12-29(13-15-30)18-8-10-19(11-9-18)32(35)36/h1-11,16-17H,12-15H2. The van der Waals surface area contributed by atoms with Gasteiger partial charge >= 0.3 is 0 Å². The first kappa shape index (κ1) is 24.9. The monoisotopic (exact) mass is 532 g/mol. The molecule has 2 heterocycles. The van der Waals surface area contributed by atoms with Gasteiger partial charge in [-0.25, -0.2) is 4.68 Å². The Morgan fingerprint density at radius 2 is 1.47 bits per heavy atom. The van der Waals surface area contributed by atoms with E-state index in [0.29, 0.717) is 48.1 Å². The molecule has 11 nitrogen and oxygen atoms in total. The third-order valence-corrected chi connectivity index (χ3v) is 6.69. The molecule has 1 amide bonds. The lowest BCUT2D eigenvalue weighted by Crippen LogP contribution is -2.49. The van der Waals surface area contributed by atoms with Crippen molar-refractivity contribution < 1.29 is 14.6 Å². The van der Waals surface area contributed by atoms with Crippen molar-refractivity contribution in [2.24, 2.45) is 0 Å². The number of non-ortho nitro benzene ring substituents is 2. The molecule has 192 valence electrons. The number of nitro benzene ring substituents is 2. The molecule has 38 heavy (non-hydrogen) atoms. The average Bonchev–Trinajstić information content (AvgIpc) is 3.38. The van der Waals surface area contributed by atoms with E-state index < -0.39 is 9.85 Å². The van der Waals surface area contributed by atoms with Crippen molar-refractivity contribution in [2.45, 2.75) is 0 Å². The highest BCUT2D eigenvalue weighted by Gasteiger charge is 2.27. The maximum absolute atomic E-state index is 13.7. The van der Waals surface area contributed by atoms with Crippen LogP contribution in [0.5, 0.6) is 0 Å². The lowest BCUT2D eigenvalue weighted by molar-refractivity contribution is -0.385. The Morgan fingerprint density at radius 3 is 2.13 bits per heavy atom. The quantitative estimate of drug-likeness (QED) is 0.253. The summed E-state index contributed by atoms with van der Waals surface area (Å²) in [5.41, 5.74) is 2.48. The van der Waals surface area contributed by atoms with Gasteiger partial charge in [0, 0.05) is 61.7 Å². The van der Waals surface area contributed by atoms with Crippen LogP contribution in [0.25, 0.3) is 16.9 Å². The number of halogens is 1. The van der Waals surface area contributed by atoms with E-state index in [4.69, 9.17) is 11.6 Å². The third kappa shape index (κ3) is 4.91. The van der Waals surface area contributed by atoms with Crippen LogP contribution in [0, 0.1) is 20.2 Å². The lowest BCUT2D eigenvalue weighted by Gasteiger charge is -2.36. The van der Waals surface area contributed by atoms with Crippen molar-refractivity contribution in [1.82, 2.24) is 14.7 Å². The molecule has 1 fully saturated rings. The normalized spacial score (nSPS) is 13.4. The molecule has 4 aromatic rings. The van der Waals surface area contributed by atoms with Crippen LogP contribution in [0.1, 0.15) is 10.5 Å². The Bertz CT molecular complexity index is 1530. The van der Waals surface area contributed by atoms with E-state index in [1.54, 1.807) is 53.4 Å². The lowest BCUT2D eigenvalue weighted by atomic mass is 10.1. The first-order valence-electron chi connectivity index (χ1n) is 11.7. The number of rotatable bonds is 6. The molecule has 0 radical (unpaired) electrons. The van der Waals surface area contributed by atoms with Crippen LogP contribution in [-0.4, -0.2) is 56.6 Å². The predicted octanol–water partition coefficient (Wildman–Crippen LogP) is 4.97. The molecule has 0 aliphatic carbocycles. The maximum atomic E-state index is 13.7. The summed E-state index contributed by atoms with van der Waals surface area (Å²) in [6, 6.07) is 21.0. The highest BCUT2D eigenvalue weighted by Crippen LogP contribution is 2.30. The third-order valence-electron chi connectivity index (χ3n) is 6.36. The van der Waals surface area contributed by atoms with Crippen molar-refractivity contribution in [1.29, 1.82) is 0 Å². The summed E-state index contributed by atoms with van der Waals surface area (Å²) >= 11 is 6.39. The largest absolute Gasteiger partial charge is 0.368 e. The smallest absolute Gasteiger partial charge is 0.272 e. The first-order chi connectivity index (χ1) is 18.3. The predicted molar refractivity (Wildman–Crippen MR) is 142 cm³/mol. The Balaban J connectivity index is 1.43. The van der Waals surface area contributed by atoms with E-state index >= 15 is 0 Å². The maximum Gasteiger partial charge on any atom is 0.272 e. The number of hydrogen-bond donors (Lipinski definition) is 0. The number of amides is 1. The van der Waals surface area contributed by atoms with E-state index in [1.807, 2.05) is 6.07 Å². The van der Waals surface area contributed by atoms with Crippen molar-refractivity contribution in [3.63, 3.8) is 0 Å². The second-order valence-electron chi connectivity index (χ2n) is 8.64. The molecule has 1 aromatic heterocycles. The van der Waals surface area contributed by atoms with E-state index in [2.05, 4.69) is 10.00 Å². The summed E-state index contributed by atoms with van der Waals surface area (Å²) in [6.45, 7) is 1.90. The number of carbonyl (C=O) groups excluding carboxylic acids is 1. The second-order valence-corrected chi connectivity index (χ2v) is 9.04. The molecule has 5 rings (SSSR count). The number of benzene rings is 3. The fraction of sp³-hybridized carbons (Fsp3) is 0.154. The highest BCUT2D eigenvalue weighted by atomic mass is 35.5. The van der Waals surface area contributed by atoms with Gasteiger partial charge in [0.1, 0.15) is 5.69 Å². The molecular weight excluding hydrogens is 512 g/mol. The van der Waals surface area contributed by atoms with Crippen LogP contribution in [0.2, 0.25) is 5.02 Å². The van der Waals surface area contributed by atoms with Gasteiger partial charge in [0.05, 0.1) is 26.3 Å². The van der Waals surface area contributed by atoms with Gasteiger partial charge in [0.25, 0.3) is 17.3 Å². The van der Waals surface area contributed by atoms with Crippen molar-refractivity contribution >= 4 is 34.6 Å². The fourth-order valence-electron chi connectivity index (χ4n) is 4.38. The molecule has 0 bridgehead atoms. The minimum atomic E-state index is -0.499. The number of piperazine rings is 1. The molecule has 0 N–H and O–H groups in total. The minimum absolute atomic E-state index is 0.0197. The molecule has 0 spiro atoms. The summed E-state index contributed by atoms with van der Waals surface area (Å²) in [5.74, 6) is -0.273. The number of anilines is 1. The average molecular weight is 533 g/mol. The number of aromatic nitrogens is 2. The molecule has 3 aromatic carbocycles. The Labute approximate surface area is 221 Å². The van der Waals surface area contributed by atoms with Gasteiger partial charge in [-0.3, -0.25) is 25.0 Å². The highest BCUT2D eigenvalue weighted by molar-refractivity contribution is 6.33. The van der Waals surface area contributed by atoms with Crippen molar-refractivity contribution in [3.8, 4) is 16.9 Å². The summed E-state index contributed by atoms with van der Waals surface area (Å²) in [7, 11) is 0. The van der Waals surface area contributed by atoms with Crippen molar-refractivity contribution in [3.05, 3.63) is 110 Å². The van der Waals surface area contributed by atoms with E-state index in [0.717, 1.165) is 5.69 Å². The molecule has 0 unspecified atom stereocenters. The zero-order valence-electron chi connectivity index (χ0n) is 19.9. The summed E-state index contributed by atoms with van der Waals surface area (Å²) in [5, 5.41) is 27.4. The summed E-state index contributed by atoms with van der Waals surface area (Å²) < 4.78 is 1.41. The Kier molecular flexibility index (Phi) is 6.75. The number of carbonyl (C=O) groups is 1. The molecule has 0 saturated carbocycles. The fourth-order valence-corrected chi connectivity index (χ4v) is 4.62. The van der Waals surface area contributed by atoms with Crippen LogP contribution in [0.4, 0.5) is 17.1 Å². The van der Waals surface area contributed by atoms with Crippen LogP contribution in [0.15, 0.2) is 78.9 Å². The van der Waals surface area contributed by atoms with Gasteiger partial charge < -0.3 is 9.80 Å². The van der Waals surface area contributed by atoms with E-state index in [9.17, 15) is 25.0 Å². The number of nitro groups is 2. The van der Waals surface area contributed by atoms with Gasteiger partial charge in [-0.2, -0.15) is 5.10 Å². The van der Waals surface area contributed by atoms with Crippen LogP contribution in [0.3, 0.4) is 0 Å². The molecule has 1 saturated heterocycles. The Hall–Kier alpha value is -4.77. The van der Waals surface area contributed by atoms with Crippen LogP contribution < -0.4 is 4.90 Å². The molecule has 12 heteroatoms. The van der Waals surface area contributed by atoms with Gasteiger partial charge in [-0.05, 0) is 30.3 Å². The van der Waals surface area contributed by atoms with Gasteiger partial charge in [0.2, 0.25) is 0 Å². The van der Waals surface area contributed by atoms with Gasteiger partial charge in [-0.1, -0.05) is 35.9 Å². The topological polar surface area (TPSA) is 128 Å². The minimum Gasteiger partial charge on any atom is -0.368 e. The first-order valence-corrected chi connectivity index (χ1v) is 12.1. The molecule has 1 aliphatic heterocycles.